The predicted octanol–water partition coefficient (Wildman–Crippen LogP) is -0.558. The van der Waals surface area contributed by atoms with Gasteiger partial charge in [0.2, 0.25) is 10.0 Å². The molecule has 0 N–H and O–H groups in total. The summed E-state index contributed by atoms with van der Waals surface area (Å²) < 4.78 is 29.5. The van der Waals surface area contributed by atoms with E-state index in [1.807, 2.05) is 6.92 Å². The fourth-order valence-electron chi connectivity index (χ4n) is 2.36. The average Bonchev–Trinajstić information content (AvgIpc) is 3.14. The predicted molar refractivity (Wildman–Crippen MR) is 83.7 cm³/mol. The third-order valence-corrected chi connectivity index (χ3v) is 5.69. The number of carbonyl (C=O) groups is 1. The van der Waals surface area contributed by atoms with Gasteiger partial charge >= 0.3 is 0 Å². The fraction of sp³-hybridized carbons (Fsp3) is 0.538. The highest BCUT2D eigenvalue weighted by Gasteiger charge is 2.39. The van der Waals surface area contributed by atoms with Gasteiger partial charge < -0.3 is 4.90 Å². The van der Waals surface area contributed by atoms with E-state index < -0.39 is 10.0 Å². The third kappa shape index (κ3) is 2.80. The molecule has 0 spiro atoms. The van der Waals surface area contributed by atoms with Crippen LogP contribution in [0, 0.1) is 0 Å². The highest BCUT2D eigenvalue weighted by molar-refractivity contribution is 7.89. The van der Waals surface area contributed by atoms with Crippen molar-refractivity contribution in [3.8, 4) is 0 Å². The van der Waals surface area contributed by atoms with E-state index in [1.165, 1.54) is 26.3 Å². The van der Waals surface area contributed by atoms with Gasteiger partial charge in [-0.15, -0.1) is 5.10 Å². The summed E-state index contributed by atoms with van der Waals surface area (Å²) in [5.74, 6) is -0.239. The minimum atomic E-state index is -3.54. The molecule has 0 saturated carbocycles. The summed E-state index contributed by atoms with van der Waals surface area (Å²) >= 11 is 0. The lowest BCUT2D eigenvalue weighted by Crippen LogP contribution is -2.50. The van der Waals surface area contributed by atoms with Crippen LogP contribution in [-0.4, -0.2) is 75.5 Å². The van der Waals surface area contributed by atoms with Crippen LogP contribution in [0.3, 0.4) is 0 Å². The van der Waals surface area contributed by atoms with Crippen molar-refractivity contribution >= 4 is 15.9 Å². The number of rotatable bonds is 5. The number of nitrogens with zero attached hydrogens (tertiary/aromatic N) is 7. The SMILES string of the molecule is CCn1cc(S(=O)(=O)N2CC(n3cc(C(=O)N(C)C)nn3)C2)cn1. The molecule has 3 heterocycles. The standard InChI is InChI=1S/C13H19N7O3S/c1-4-18-8-11(5-14-18)24(22,23)19-6-10(7-19)20-9-12(15-16-20)13(21)17(2)3/h5,8-10H,4,6-7H2,1-3H3. The number of hydrogen-bond acceptors (Lipinski definition) is 6. The van der Waals surface area contributed by atoms with E-state index in [9.17, 15) is 13.2 Å². The zero-order valence-electron chi connectivity index (χ0n) is 13.7. The van der Waals surface area contributed by atoms with Crippen molar-refractivity contribution < 1.29 is 13.2 Å². The van der Waals surface area contributed by atoms with Gasteiger partial charge in [-0.2, -0.15) is 9.40 Å². The molecule has 1 fully saturated rings. The van der Waals surface area contributed by atoms with Crippen LogP contribution in [0.15, 0.2) is 23.5 Å². The number of aryl methyl sites for hydroxylation is 1. The van der Waals surface area contributed by atoms with Crippen molar-refractivity contribution in [2.75, 3.05) is 27.2 Å². The Kier molecular flexibility index (Phi) is 4.13. The van der Waals surface area contributed by atoms with Gasteiger partial charge in [0.15, 0.2) is 5.69 Å². The van der Waals surface area contributed by atoms with Crippen LogP contribution in [0.5, 0.6) is 0 Å². The van der Waals surface area contributed by atoms with Crippen LogP contribution >= 0.6 is 0 Å². The van der Waals surface area contributed by atoms with Crippen molar-refractivity contribution in [2.24, 2.45) is 0 Å². The molecule has 2 aromatic rings. The largest absolute Gasteiger partial charge is 0.343 e. The molecule has 0 radical (unpaired) electrons. The number of sulfonamides is 1. The van der Waals surface area contributed by atoms with Crippen molar-refractivity contribution in [3.05, 3.63) is 24.3 Å². The van der Waals surface area contributed by atoms with Crippen LogP contribution in [0.1, 0.15) is 23.5 Å². The lowest BCUT2D eigenvalue weighted by molar-refractivity contribution is 0.0821. The number of amides is 1. The Morgan fingerprint density at radius 1 is 1.33 bits per heavy atom. The fourth-order valence-corrected chi connectivity index (χ4v) is 3.83. The second kappa shape index (κ2) is 5.98. The first-order chi connectivity index (χ1) is 11.3. The summed E-state index contributed by atoms with van der Waals surface area (Å²) in [6.45, 7) is 3.08. The molecule has 1 aliphatic rings. The molecule has 0 aliphatic carbocycles. The van der Waals surface area contributed by atoms with Gasteiger partial charge in [0.05, 0.1) is 18.4 Å². The van der Waals surface area contributed by atoms with Crippen LogP contribution in [0.2, 0.25) is 0 Å². The van der Waals surface area contributed by atoms with E-state index in [-0.39, 0.29) is 22.5 Å². The Bertz CT molecular complexity index is 849. The second-order valence-electron chi connectivity index (χ2n) is 5.79. The van der Waals surface area contributed by atoms with E-state index in [4.69, 9.17) is 0 Å². The first kappa shape index (κ1) is 16.6. The maximum Gasteiger partial charge on any atom is 0.275 e. The molecule has 10 nitrogen and oxygen atoms in total. The summed E-state index contributed by atoms with van der Waals surface area (Å²) in [6.07, 6.45) is 4.42. The molecule has 0 aromatic carbocycles. The summed E-state index contributed by atoms with van der Waals surface area (Å²) in [6, 6.07) is -0.128. The normalized spacial score (nSPS) is 16.1. The quantitative estimate of drug-likeness (QED) is 0.713. The van der Waals surface area contributed by atoms with Crippen LogP contribution in [-0.2, 0) is 16.6 Å². The average molecular weight is 353 g/mol. The van der Waals surface area contributed by atoms with Gasteiger partial charge in [-0.25, -0.2) is 13.1 Å². The number of hydrogen-bond donors (Lipinski definition) is 0. The Labute approximate surface area is 139 Å². The Morgan fingerprint density at radius 3 is 2.62 bits per heavy atom. The van der Waals surface area contributed by atoms with E-state index >= 15 is 0 Å². The molecule has 1 saturated heterocycles. The lowest BCUT2D eigenvalue weighted by atomic mass is 10.2. The van der Waals surface area contributed by atoms with Crippen molar-refractivity contribution in [3.63, 3.8) is 0 Å². The van der Waals surface area contributed by atoms with Gasteiger partial charge in [0, 0.05) is 39.9 Å². The van der Waals surface area contributed by atoms with E-state index in [0.717, 1.165) is 0 Å². The highest BCUT2D eigenvalue weighted by Crippen LogP contribution is 2.27. The Hall–Kier alpha value is -2.27. The zero-order valence-corrected chi connectivity index (χ0v) is 14.5. The molecule has 0 unspecified atom stereocenters. The minimum Gasteiger partial charge on any atom is -0.343 e. The zero-order chi connectivity index (χ0) is 17.5. The van der Waals surface area contributed by atoms with Crippen LogP contribution < -0.4 is 0 Å². The first-order valence-corrected chi connectivity index (χ1v) is 8.93. The number of carbonyl (C=O) groups excluding carboxylic acids is 1. The topological polar surface area (TPSA) is 106 Å². The van der Waals surface area contributed by atoms with Crippen LogP contribution in [0.25, 0.3) is 0 Å². The maximum absolute atomic E-state index is 12.5. The summed E-state index contributed by atoms with van der Waals surface area (Å²) in [5.41, 5.74) is 0.241. The van der Waals surface area contributed by atoms with Gasteiger partial charge in [-0.3, -0.25) is 9.48 Å². The van der Waals surface area contributed by atoms with Gasteiger partial charge in [0.1, 0.15) is 4.90 Å². The molecule has 3 rings (SSSR count). The third-order valence-electron chi connectivity index (χ3n) is 3.91. The van der Waals surface area contributed by atoms with Crippen molar-refractivity contribution in [1.29, 1.82) is 0 Å². The van der Waals surface area contributed by atoms with Gasteiger partial charge in [0.25, 0.3) is 5.91 Å². The van der Waals surface area contributed by atoms with Gasteiger partial charge in [-0.05, 0) is 6.92 Å². The molecule has 130 valence electrons. The Morgan fingerprint density at radius 2 is 2.04 bits per heavy atom. The molecule has 1 amide bonds. The smallest absolute Gasteiger partial charge is 0.275 e. The molecule has 0 atom stereocenters. The van der Waals surface area contributed by atoms with E-state index in [0.29, 0.717) is 19.6 Å². The molecular formula is C13H19N7O3S. The second-order valence-corrected chi connectivity index (χ2v) is 7.73. The van der Waals surface area contributed by atoms with Crippen molar-refractivity contribution in [1.82, 2.24) is 34.0 Å². The van der Waals surface area contributed by atoms with E-state index in [1.54, 1.807) is 25.0 Å². The molecular weight excluding hydrogens is 334 g/mol. The van der Waals surface area contributed by atoms with Crippen molar-refractivity contribution in [2.45, 2.75) is 24.4 Å². The first-order valence-electron chi connectivity index (χ1n) is 7.49. The minimum absolute atomic E-state index is 0.128. The molecule has 1 aliphatic heterocycles. The monoisotopic (exact) mass is 353 g/mol. The maximum atomic E-state index is 12.5. The van der Waals surface area contributed by atoms with Crippen LogP contribution in [0.4, 0.5) is 0 Å². The summed E-state index contributed by atoms with van der Waals surface area (Å²) in [7, 11) is -0.273. The van der Waals surface area contributed by atoms with E-state index in [2.05, 4.69) is 15.4 Å². The summed E-state index contributed by atoms with van der Waals surface area (Å²) in [4.78, 5) is 13.4. The molecule has 11 heteroatoms. The van der Waals surface area contributed by atoms with Gasteiger partial charge in [-0.1, -0.05) is 5.21 Å². The lowest BCUT2D eigenvalue weighted by Gasteiger charge is -2.37. The molecule has 2 aromatic heterocycles. The summed E-state index contributed by atoms with van der Waals surface area (Å²) in [5, 5.41) is 11.8. The highest BCUT2D eigenvalue weighted by atomic mass is 32.2. The Balaban J connectivity index is 1.68. The number of aromatic nitrogens is 5. The molecule has 0 bridgehead atoms. The molecule has 24 heavy (non-hydrogen) atoms.